The standard InChI is InChI=1S/C19H24ClN5.ClH/c1-11-4-3-5-14(16(11)20)17-18(21)24-15(8-23-17)25-9-12-6-19(2,22)7-13(12)10-25;/h3-5,8,12-13H,6-7,9-10,22H2,1-2H3,(H2,21,24);1H/t12-,13+,19-;. The van der Waals surface area contributed by atoms with Gasteiger partial charge in [0, 0.05) is 24.2 Å². The lowest BCUT2D eigenvalue weighted by Gasteiger charge is -2.23. The molecule has 1 aliphatic heterocycles. The van der Waals surface area contributed by atoms with Crippen molar-refractivity contribution in [1.29, 1.82) is 0 Å². The van der Waals surface area contributed by atoms with Gasteiger partial charge in [-0.25, -0.2) is 9.97 Å². The molecule has 2 heterocycles. The number of nitrogens with two attached hydrogens (primary N) is 2. The van der Waals surface area contributed by atoms with E-state index in [9.17, 15) is 0 Å². The molecule has 0 radical (unpaired) electrons. The Morgan fingerprint density at radius 3 is 2.50 bits per heavy atom. The number of hydrogen-bond acceptors (Lipinski definition) is 5. The van der Waals surface area contributed by atoms with E-state index in [-0.39, 0.29) is 17.9 Å². The Hall–Kier alpha value is -1.56. The molecule has 4 rings (SSSR count). The molecule has 1 aromatic heterocycles. The van der Waals surface area contributed by atoms with Crippen molar-refractivity contribution >= 4 is 35.6 Å². The van der Waals surface area contributed by atoms with Crippen molar-refractivity contribution in [2.45, 2.75) is 32.2 Å². The number of benzene rings is 1. The maximum Gasteiger partial charge on any atom is 0.152 e. The van der Waals surface area contributed by atoms with Crippen LogP contribution in [0.2, 0.25) is 5.02 Å². The van der Waals surface area contributed by atoms with Crippen LogP contribution in [0.4, 0.5) is 11.6 Å². The van der Waals surface area contributed by atoms with Crippen LogP contribution < -0.4 is 16.4 Å². The van der Waals surface area contributed by atoms with Crippen LogP contribution in [0.5, 0.6) is 0 Å². The van der Waals surface area contributed by atoms with Crippen LogP contribution in [0.25, 0.3) is 11.3 Å². The Morgan fingerprint density at radius 2 is 1.88 bits per heavy atom. The summed E-state index contributed by atoms with van der Waals surface area (Å²) in [5.41, 5.74) is 15.0. The van der Waals surface area contributed by atoms with Gasteiger partial charge in [-0.2, -0.15) is 0 Å². The van der Waals surface area contributed by atoms with E-state index in [1.165, 1.54) is 0 Å². The second-order valence-electron chi connectivity index (χ2n) is 7.89. The summed E-state index contributed by atoms with van der Waals surface area (Å²) < 4.78 is 0. The molecule has 5 nitrogen and oxygen atoms in total. The largest absolute Gasteiger partial charge is 0.382 e. The maximum atomic E-state index is 6.41. The van der Waals surface area contributed by atoms with Gasteiger partial charge in [0.05, 0.1) is 11.2 Å². The van der Waals surface area contributed by atoms with E-state index in [0.29, 0.717) is 28.4 Å². The highest BCUT2D eigenvalue weighted by molar-refractivity contribution is 6.34. The van der Waals surface area contributed by atoms with E-state index in [1.807, 2.05) is 31.3 Å². The number of halogens is 2. The number of anilines is 2. The Kier molecular flexibility index (Phi) is 5.08. The number of rotatable bonds is 2. The predicted octanol–water partition coefficient (Wildman–Crippen LogP) is 3.67. The topological polar surface area (TPSA) is 81.1 Å². The zero-order chi connectivity index (χ0) is 17.8. The Bertz CT molecular complexity index is 808. The molecule has 2 aromatic rings. The molecule has 1 saturated carbocycles. The second kappa shape index (κ2) is 6.87. The Labute approximate surface area is 165 Å². The summed E-state index contributed by atoms with van der Waals surface area (Å²) in [4.78, 5) is 11.5. The van der Waals surface area contributed by atoms with Gasteiger partial charge in [-0.15, -0.1) is 12.4 Å². The van der Waals surface area contributed by atoms with Crippen LogP contribution in [-0.2, 0) is 0 Å². The average molecular weight is 394 g/mol. The monoisotopic (exact) mass is 393 g/mol. The number of aryl methyl sites for hydroxylation is 1. The van der Waals surface area contributed by atoms with Crippen molar-refractivity contribution in [2.24, 2.45) is 17.6 Å². The summed E-state index contributed by atoms with van der Waals surface area (Å²) in [6.07, 6.45) is 3.97. The first-order valence-corrected chi connectivity index (χ1v) is 9.14. The lowest BCUT2D eigenvalue weighted by molar-refractivity contribution is 0.449. The summed E-state index contributed by atoms with van der Waals surface area (Å²) in [5.74, 6) is 2.55. The second-order valence-corrected chi connectivity index (χ2v) is 8.26. The molecule has 2 aliphatic rings. The minimum absolute atomic E-state index is 0. The van der Waals surface area contributed by atoms with Gasteiger partial charge in [0.2, 0.25) is 0 Å². The molecule has 1 aromatic carbocycles. The van der Waals surface area contributed by atoms with Gasteiger partial charge in [0.1, 0.15) is 11.5 Å². The van der Waals surface area contributed by atoms with Crippen molar-refractivity contribution in [3.63, 3.8) is 0 Å². The van der Waals surface area contributed by atoms with Crippen molar-refractivity contribution < 1.29 is 0 Å². The number of nitrogen functional groups attached to an aromatic ring is 1. The minimum atomic E-state index is -0.0160. The highest BCUT2D eigenvalue weighted by atomic mass is 35.5. The van der Waals surface area contributed by atoms with Gasteiger partial charge in [0.25, 0.3) is 0 Å². The molecule has 3 atom stereocenters. The number of nitrogens with zero attached hydrogens (tertiary/aromatic N) is 3. The molecular weight excluding hydrogens is 369 g/mol. The highest BCUT2D eigenvalue weighted by Gasteiger charge is 2.45. The van der Waals surface area contributed by atoms with Gasteiger partial charge in [0.15, 0.2) is 5.82 Å². The van der Waals surface area contributed by atoms with Gasteiger partial charge in [-0.05, 0) is 44.1 Å². The third-order valence-electron chi connectivity index (χ3n) is 5.59. The lowest BCUT2D eigenvalue weighted by atomic mass is 10.00. The van der Waals surface area contributed by atoms with Crippen molar-refractivity contribution in [3.8, 4) is 11.3 Å². The third kappa shape index (κ3) is 3.36. The molecule has 2 fully saturated rings. The Morgan fingerprint density at radius 1 is 1.23 bits per heavy atom. The third-order valence-corrected chi connectivity index (χ3v) is 6.09. The van der Waals surface area contributed by atoms with E-state index in [1.54, 1.807) is 0 Å². The first-order chi connectivity index (χ1) is 11.8. The summed E-state index contributed by atoms with van der Waals surface area (Å²) in [7, 11) is 0. The molecule has 0 amide bonds. The molecule has 26 heavy (non-hydrogen) atoms. The maximum absolute atomic E-state index is 6.41. The number of hydrogen-bond donors (Lipinski definition) is 2. The fourth-order valence-corrected chi connectivity index (χ4v) is 4.67. The number of aromatic nitrogens is 2. The highest BCUT2D eigenvalue weighted by Crippen LogP contribution is 2.43. The van der Waals surface area contributed by atoms with Gasteiger partial charge in [-0.3, -0.25) is 0 Å². The molecular formula is C19H25Cl2N5. The molecule has 1 saturated heterocycles. The van der Waals surface area contributed by atoms with Crippen molar-refractivity contribution in [1.82, 2.24) is 9.97 Å². The zero-order valence-corrected chi connectivity index (χ0v) is 16.6. The predicted molar refractivity (Wildman–Crippen MR) is 110 cm³/mol. The first kappa shape index (κ1) is 19.2. The van der Waals surface area contributed by atoms with E-state index >= 15 is 0 Å². The molecule has 0 unspecified atom stereocenters. The SMILES string of the molecule is Cc1cccc(-c2ncc(N3C[C@@H]4C[C@](C)(N)C[C@@H]4C3)nc2N)c1Cl.Cl. The van der Waals surface area contributed by atoms with Crippen LogP contribution in [0.3, 0.4) is 0 Å². The molecule has 4 N–H and O–H groups in total. The van der Waals surface area contributed by atoms with Crippen molar-refractivity contribution in [3.05, 3.63) is 35.0 Å². The fraction of sp³-hybridized carbons (Fsp3) is 0.474. The molecule has 7 heteroatoms. The zero-order valence-electron chi connectivity index (χ0n) is 15.1. The molecule has 0 spiro atoms. The van der Waals surface area contributed by atoms with E-state index < -0.39 is 0 Å². The van der Waals surface area contributed by atoms with Crippen molar-refractivity contribution in [2.75, 3.05) is 23.7 Å². The molecule has 140 valence electrons. The lowest BCUT2D eigenvalue weighted by Crippen LogP contribution is -2.35. The van der Waals surface area contributed by atoms with E-state index in [0.717, 1.165) is 42.9 Å². The molecule has 1 aliphatic carbocycles. The van der Waals surface area contributed by atoms with E-state index in [4.69, 9.17) is 23.1 Å². The summed E-state index contributed by atoms with van der Waals surface area (Å²) in [5, 5.41) is 0.675. The van der Waals surface area contributed by atoms with Gasteiger partial charge >= 0.3 is 0 Å². The summed E-state index contributed by atoms with van der Waals surface area (Å²) >= 11 is 6.41. The van der Waals surface area contributed by atoms with Gasteiger partial charge < -0.3 is 16.4 Å². The first-order valence-electron chi connectivity index (χ1n) is 8.76. The number of fused-ring (bicyclic) bond motifs is 1. The summed E-state index contributed by atoms with van der Waals surface area (Å²) in [6.45, 7) is 6.10. The van der Waals surface area contributed by atoms with E-state index in [2.05, 4.69) is 21.8 Å². The van der Waals surface area contributed by atoms with Crippen LogP contribution in [0.1, 0.15) is 25.3 Å². The summed E-state index contributed by atoms with van der Waals surface area (Å²) in [6, 6.07) is 5.85. The van der Waals surface area contributed by atoms with Gasteiger partial charge in [-0.1, -0.05) is 29.8 Å². The fourth-order valence-electron chi connectivity index (χ4n) is 4.45. The van der Waals surface area contributed by atoms with Crippen LogP contribution >= 0.6 is 24.0 Å². The van der Waals surface area contributed by atoms with Crippen LogP contribution in [0.15, 0.2) is 24.4 Å². The quantitative estimate of drug-likeness (QED) is 0.812. The average Bonchev–Trinajstić information content (AvgIpc) is 3.04. The normalized spacial score (nSPS) is 27.3. The minimum Gasteiger partial charge on any atom is -0.382 e. The van der Waals surface area contributed by atoms with Crippen LogP contribution in [-0.4, -0.2) is 28.6 Å². The Balaban J connectivity index is 0.00000196. The smallest absolute Gasteiger partial charge is 0.152 e. The molecule has 0 bridgehead atoms. The van der Waals surface area contributed by atoms with Crippen LogP contribution in [0, 0.1) is 18.8 Å².